The Hall–Kier alpha value is -7.09. The van der Waals surface area contributed by atoms with Gasteiger partial charge in [0.2, 0.25) is 23.5 Å². The number of nitrogens with one attached hydrogen (secondary N) is 4. The van der Waals surface area contributed by atoms with Crippen molar-refractivity contribution in [3.05, 3.63) is 112 Å². The molecule has 0 saturated heterocycles. The van der Waals surface area contributed by atoms with Crippen molar-refractivity contribution < 1.29 is 70.8 Å². The number of aromatic hydroxyl groups is 1. The van der Waals surface area contributed by atoms with Gasteiger partial charge in [0.05, 0.1) is 19.0 Å². The van der Waals surface area contributed by atoms with Gasteiger partial charge in [-0.25, -0.2) is 26.7 Å². The Balaban J connectivity index is 1.44. The number of ether oxygens (including phenoxy) is 1. The van der Waals surface area contributed by atoms with Crippen molar-refractivity contribution in [2.75, 3.05) is 17.2 Å². The molecule has 0 radical (unpaired) electrons. The number of amides is 4. The summed E-state index contributed by atoms with van der Waals surface area (Å²) in [6, 6.07) is 9.03. The van der Waals surface area contributed by atoms with E-state index in [1.807, 2.05) is 5.32 Å². The van der Waals surface area contributed by atoms with Crippen LogP contribution in [0.15, 0.2) is 54.6 Å². The first-order valence-electron chi connectivity index (χ1n) is 17.0. The molecule has 0 bridgehead atoms. The summed E-state index contributed by atoms with van der Waals surface area (Å²) in [5, 5.41) is 38.8. The molecule has 1 aliphatic rings. The zero-order valence-corrected chi connectivity index (χ0v) is 30.1. The Labute approximate surface area is 324 Å². The topological polar surface area (TPSA) is 246 Å². The maximum absolute atomic E-state index is 14.4. The summed E-state index contributed by atoms with van der Waals surface area (Å²) in [4.78, 5) is 74.6. The molecule has 4 aromatic carbocycles. The molecule has 1 aliphatic heterocycles. The molecular weight excluding hydrogens is 781 g/mol. The van der Waals surface area contributed by atoms with Crippen LogP contribution < -0.4 is 31.7 Å². The molecule has 5 rings (SSSR count). The zero-order valence-electron chi connectivity index (χ0n) is 30.1. The number of benzene rings is 4. The number of hydrogen-bond donors (Lipinski definition) is 8. The van der Waals surface area contributed by atoms with Crippen molar-refractivity contribution in [3.63, 3.8) is 0 Å². The maximum Gasteiger partial charge on any atom is 0.339 e. The Kier molecular flexibility index (Phi) is 12.3. The minimum Gasteiger partial charge on any atom is -0.507 e. The molecule has 58 heavy (non-hydrogen) atoms. The van der Waals surface area contributed by atoms with Gasteiger partial charge >= 0.3 is 11.9 Å². The highest BCUT2D eigenvalue weighted by atomic mass is 19.2. The highest BCUT2D eigenvalue weighted by molar-refractivity contribution is 6.05. The van der Waals surface area contributed by atoms with Gasteiger partial charge in [-0.2, -0.15) is 0 Å². The van der Waals surface area contributed by atoms with Crippen molar-refractivity contribution >= 4 is 46.9 Å². The molecule has 0 aromatic heterocycles. The fraction of sp³-hybridized carbons (Fsp3) is 0.211. The monoisotopic (exact) mass is 813 g/mol. The molecule has 304 valence electrons. The molecule has 0 spiro atoms. The highest BCUT2D eigenvalue weighted by Crippen LogP contribution is 2.50. The molecule has 0 fully saturated rings. The van der Waals surface area contributed by atoms with Crippen molar-refractivity contribution in [1.82, 2.24) is 10.6 Å². The number of carboxylic acids is 2. The minimum absolute atomic E-state index is 0.0343. The van der Waals surface area contributed by atoms with Gasteiger partial charge in [-0.15, -0.1) is 0 Å². The minimum atomic E-state index is -2.47. The number of carbonyl (C=O) groups is 6. The highest BCUT2D eigenvalue weighted by Gasteiger charge is 2.35. The third-order valence-electron chi connectivity index (χ3n) is 8.90. The first-order valence-corrected chi connectivity index (χ1v) is 17.0. The van der Waals surface area contributed by atoms with E-state index in [-0.39, 0.29) is 45.5 Å². The Morgan fingerprint density at radius 3 is 1.83 bits per heavy atom. The van der Waals surface area contributed by atoms with Crippen LogP contribution in [0.5, 0.6) is 17.2 Å². The predicted octanol–water partition coefficient (Wildman–Crippen LogP) is 4.32. The second-order valence-corrected chi connectivity index (χ2v) is 13.2. The van der Waals surface area contributed by atoms with E-state index in [1.54, 1.807) is 13.8 Å². The van der Waals surface area contributed by atoms with E-state index >= 15 is 0 Å². The largest absolute Gasteiger partial charge is 0.507 e. The molecule has 4 amide bonds. The number of hydrogen-bond acceptors (Lipinski definition) is 9. The van der Waals surface area contributed by atoms with Crippen LogP contribution in [0, 0.1) is 35.0 Å². The molecule has 15 nitrogen and oxygen atoms in total. The number of carboxylic acid groups (broad SMARTS) is 2. The van der Waals surface area contributed by atoms with Gasteiger partial charge in [0, 0.05) is 40.6 Å². The molecule has 3 atom stereocenters. The van der Waals surface area contributed by atoms with E-state index in [1.165, 1.54) is 42.5 Å². The van der Waals surface area contributed by atoms with E-state index in [9.17, 15) is 66.0 Å². The lowest BCUT2D eigenvalue weighted by Gasteiger charge is -2.30. The first-order chi connectivity index (χ1) is 27.3. The number of anilines is 2. The summed E-state index contributed by atoms with van der Waals surface area (Å²) >= 11 is 0. The van der Waals surface area contributed by atoms with Crippen molar-refractivity contribution in [1.29, 1.82) is 0 Å². The van der Waals surface area contributed by atoms with E-state index in [0.717, 1.165) is 12.1 Å². The van der Waals surface area contributed by atoms with Gasteiger partial charge < -0.3 is 47.1 Å². The fourth-order valence-electron chi connectivity index (χ4n) is 5.98. The number of aromatic carboxylic acids is 1. The van der Waals surface area contributed by atoms with Gasteiger partial charge in [0.15, 0.2) is 23.3 Å². The molecular formula is C38H32F5N5O10. The quantitative estimate of drug-likeness (QED) is 0.0473. The van der Waals surface area contributed by atoms with E-state index in [2.05, 4.69) is 16.0 Å². The summed E-state index contributed by atoms with van der Waals surface area (Å²) in [7, 11) is 0. The van der Waals surface area contributed by atoms with Crippen molar-refractivity contribution in [3.8, 4) is 17.2 Å². The van der Waals surface area contributed by atoms with E-state index < -0.39 is 112 Å². The summed E-state index contributed by atoms with van der Waals surface area (Å²) in [6.07, 6.45) is -0.819. The number of rotatable bonds is 13. The van der Waals surface area contributed by atoms with E-state index in [4.69, 9.17) is 10.5 Å². The van der Waals surface area contributed by atoms with Crippen LogP contribution in [-0.4, -0.2) is 69.5 Å². The summed E-state index contributed by atoms with van der Waals surface area (Å²) in [5.74, 6) is -21.3. The summed E-state index contributed by atoms with van der Waals surface area (Å²) in [5.41, 5.74) is 3.87. The maximum atomic E-state index is 14.4. The van der Waals surface area contributed by atoms with Crippen LogP contribution in [0.25, 0.3) is 0 Å². The van der Waals surface area contributed by atoms with Crippen LogP contribution in [-0.2, 0) is 19.2 Å². The van der Waals surface area contributed by atoms with Crippen molar-refractivity contribution in [2.24, 2.45) is 11.7 Å². The normalized spacial score (nSPS) is 13.9. The predicted molar refractivity (Wildman–Crippen MR) is 192 cm³/mol. The SMILES string of the molecule is CC(C)C(N)C(=O)NC(CC(=O)O)C(=O)NCC(=O)Nc1ccc2c(c1)Oc1cc(NC(=O)c3c(F)c(F)c(F)c(F)c3F)ccc1C2c1cccc(O)c1C(=O)O. The lowest BCUT2D eigenvalue weighted by atomic mass is 9.80. The van der Waals surface area contributed by atoms with Gasteiger partial charge in [-0.1, -0.05) is 38.1 Å². The molecule has 1 heterocycles. The number of fused-ring (bicyclic) bond motifs is 2. The molecule has 4 aromatic rings. The standard InChI is InChI=1S/C38H32F5N5O10/c1-14(2)34(44)37(55)48-20(12-25(51)52)35(53)45-13-24(50)46-15-6-8-17-22(10-15)58-23-11-16(47-36(54)28-29(39)31(41)33(43)32(42)30(28)40)7-9-18(23)26(17)19-4-3-5-21(49)27(19)38(56)57/h3-11,14,20,26,34,49H,12-13,44H2,1-2H3,(H,45,53)(H,46,50)(H,47,54)(H,48,55)(H,51,52)(H,56,57). The first kappa shape index (κ1) is 42.1. The molecule has 20 heteroatoms. The van der Waals surface area contributed by atoms with Crippen LogP contribution >= 0.6 is 0 Å². The molecule has 0 saturated carbocycles. The van der Waals surface area contributed by atoms with Gasteiger partial charge in [-0.3, -0.25) is 24.0 Å². The van der Waals surface area contributed by atoms with Gasteiger partial charge in [0.25, 0.3) is 5.91 Å². The number of carbonyl (C=O) groups excluding carboxylic acids is 4. The van der Waals surface area contributed by atoms with Gasteiger partial charge in [0.1, 0.15) is 34.4 Å². The third-order valence-corrected chi connectivity index (χ3v) is 8.90. The Morgan fingerprint density at radius 2 is 1.29 bits per heavy atom. The number of halogens is 5. The molecule has 0 aliphatic carbocycles. The summed E-state index contributed by atoms with van der Waals surface area (Å²) < 4.78 is 76.1. The smallest absolute Gasteiger partial charge is 0.339 e. The lowest BCUT2D eigenvalue weighted by molar-refractivity contribution is -0.140. The average Bonchev–Trinajstić information content (AvgIpc) is 3.16. The van der Waals surface area contributed by atoms with Gasteiger partial charge in [-0.05, 0) is 29.7 Å². The zero-order chi connectivity index (χ0) is 42.7. The average molecular weight is 814 g/mol. The third kappa shape index (κ3) is 8.65. The fourth-order valence-corrected chi connectivity index (χ4v) is 5.98. The second kappa shape index (κ2) is 17.0. The number of phenols is 1. The second-order valence-electron chi connectivity index (χ2n) is 13.2. The lowest BCUT2D eigenvalue weighted by Crippen LogP contribution is -2.54. The number of aliphatic carboxylic acids is 1. The Morgan fingerprint density at radius 1 is 0.741 bits per heavy atom. The Bertz CT molecular complexity index is 2350. The summed E-state index contributed by atoms with van der Waals surface area (Å²) in [6.45, 7) is 2.57. The molecule has 9 N–H and O–H groups in total. The van der Waals surface area contributed by atoms with Crippen LogP contribution in [0.2, 0.25) is 0 Å². The van der Waals surface area contributed by atoms with Crippen LogP contribution in [0.3, 0.4) is 0 Å². The van der Waals surface area contributed by atoms with Crippen molar-refractivity contribution in [2.45, 2.75) is 38.3 Å². The van der Waals surface area contributed by atoms with Crippen LogP contribution in [0.1, 0.15) is 63.6 Å². The number of nitrogens with two attached hydrogens (primary N) is 1. The van der Waals surface area contributed by atoms with E-state index in [0.29, 0.717) is 0 Å². The molecule has 3 unspecified atom stereocenters. The van der Waals surface area contributed by atoms with Crippen LogP contribution in [0.4, 0.5) is 33.3 Å².